The summed E-state index contributed by atoms with van der Waals surface area (Å²) in [7, 11) is 9.14. The number of anilines is 6. The van der Waals surface area contributed by atoms with Gasteiger partial charge in [-0.1, -0.05) is 162 Å². The number of alkyl halides is 6. The molecule has 2 aliphatic heterocycles. The van der Waals surface area contributed by atoms with Crippen LogP contribution < -0.4 is 45.9 Å². The van der Waals surface area contributed by atoms with Crippen molar-refractivity contribution in [3.05, 3.63) is 215 Å². The number of carbonyl (C=O) groups is 3. The van der Waals surface area contributed by atoms with E-state index < -0.39 is 23.5 Å². The number of hydrogen-bond donors (Lipinski definition) is 5. The van der Waals surface area contributed by atoms with Crippen LogP contribution in [0, 0.1) is 0 Å². The van der Waals surface area contributed by atoms with Crippen molar-refractivity contribution in [3.8, 4) is 11.5 Å². The second-order valence-electron chi connectivity index (χ2n) is 27.4. The summed E-state index contributed by atoms with van der Waals surface area (Å²) >= 11 is 0. The van der Waals surface area contributed by atoms with Crippen LogP contribution in [0.1, 0.15) is 146 Å². The molecule has 6 aromatic carbocycles. The normalized spacial score (nSPS) is 17.9. The van der Waals surface area contributed by atoms with Gasteiger partial charge in [0.25, 0.3) is 11.8 Å². The topological polar surface area (TPSA) is 198 Å². The number of aromatic nitrogens is 4. The van der Waals surface area contributed by atoms with Crippen LogP contribution in [0.3, 0.4) is 0 Å². The summed E-state index contributed by atoms with van der Waals surface area (Å²) in [6.45, 7) is 7.43. The maximum atomic E-state index is 14.8. The molecule has 19 nitrogen and oxygen atoms in total. The number of piperidine rings is 2. The van der Waals surface area contributed by atoms with E-state index in [9.17, 15) is 35.9 Å². The first-order chi connectivity index (χ1) is 50.8. The van der Waals surface area contributed by atoms with Gasteiger partial charge in [0.15, 0.2) is 0 Å². The third-order valence-corrected chi connectivity index (χ3v) is 20.1. The minimum absolute atomic E-state index is 0. The minimum atomic E-state index is -4.69. The van der Waals surface area contributed by atoms with E-state index in [1.54, 1.807) is 41.3 Å². The van der Waals surface area contributed by atoms with Gasteiger partial charge in [0, 0.05) is 86.0 Å². The summed E-state index contributed by atoms with van der Waals surface area (Å²) in [4.78, 5) is 62.1. The summed E-state index contributed by atoms with van der Waals surface area (Å²) in [5.41, 5.74) is 3.93. The first-order valence-electron chi connectivity index (χ1n) is 36.0. The van der Waals surface area contributed by atoms with Gasteiger partial charge < -0.3 is 60.5 Å². The van der Waals surface area contributed by atoms with Gasteiger partial charge in [-0.3, -0.25) is 14.5 Å². The Labute approximate surface area is 626 Å². The number of benzene rings is 6. The van der Waals surface area contributed by atoms with E-state index in [0.29, 0.717) is 53.5 Å². The highest BCUT2D eigenvalue weighted by Crippen LogP contribution is 2.43. The second kappa shape index (κ2) is 39.8. The Bertz CT molecular complexity index is 4040. The van der Waals surface area contributed by atoms with Crippen molar-refractivity contribution in [2.45, 2.75) is 167 Å². The van der Waals surface area contributed by atoms with E-state index in [4.69, 9.17) is 14.3 Å². The zero-order chi connectivity index (χ0) is 74.5. The van der Waals surface area contributed by atoms with Gasteiger partial charge in [-0.2, -0.15) is 36.3 Å². The molecule has 0 unspecified atom stereocenters. The maximum absolute atomic E-state index is 14.8. The fourth-order valence-electron chi connectivity index (χ4n) is 14.4. The highest BCUT2D eigenvalue weighted by molar-refractivity contribution is 5.96. The molecule has 2 saturated carbocycles. The molecule has 107 heavy (non-hydrogen) atoms. The van der Waals surface area contributed by atoms with E-state index in [1.807, 2.05) is 121 Å². The van der Waals surface area contributed by atoms with Crippen molar-refractivity contribution in [2.24, 2.45) is 0 Å². The lowest BCUT2D eigenvalue weighted by molar-refractivity contribution is -0.138. The molecule has 5 N–H and O–H groups in total. The molecule has 2 saturated heterocycles. The number of rotatable bonds is 24. The predicted octanol–water partition coefficient (Wildman–Crippen LogP) is 15.8. The molecule has 2 amide bonds. The molecule has 574 valence electrons. The maximum Gasteiger partial charge on any atom is 0.421 e. The standard InChI is InChI=1S/C40H48F3N7O2.C39H46F3N7O2.CH2O.2CH4/c1-48-22-20-31(21-23-48)45-38(51)30-18-19-33(36(24-30)52-3)46-39-44-25-32(40(41,42)43)37(47-39)50(27-29-14-8-5-9-15-29)35-17-11-10-16-34(35)49(2)26-28-12-6-4-7-13-28;1-48-21-19-30(20-22-48)45-37(50)29-17-18-33(35(23-29)51-2)46-38-44-25-31(39(40,41)42)36(47-38)49(26-28-13-7-4-8-14-28)34-16-10-9-15-32(34)43-24-27-11-5-3-6-12-27;1-2;;/h4-9,12-15,18-19,24-25,31,34-35H,10-11,16-17,20-23,26-27H2,1-3H3,(H,45,51)(H,44,46,47);3-8,11-14,17-18,23,25,30,32,34,43H,9-10,15-16,19-22,24,26H2,1-2H3,(H,45,50)(H,44,46,47);1H2;2*1H4/t34-,35-;32-,34-;;;/m11.../s1. The van der Waals surface area contributed by atoms with Gasteiger partial charge in [-0.25, -0.2) is 9.97 Å². The molecule has 4 heterocycles. The lowest BCUT2D eigenvalue weighted by atomic mass is 9.87. The second-order valence-corrected chi connectivity index (χ2v) is 27.4. The zero-order valence-electron chi connectivity index (χ0n) is 60.3. The van der Waals surface area contributed by atoms with E-state index in [2.05, 4.69) is 94.5 Å². The molecular formula is C82H104F6N14O5. The van der Waals surface area contributed by atoms with Crippen LogP contribution in [-0.2, 0) is 43.3 Å². The van der Waals surface area contributed by atoms with E-state index in [0.717, 1.165) is 131 Å². The number of likely N-dealkylation sites (tertiary alicyclic amines) is 2. The molecule has 2 aliphatic carbocycles. The largest absolute Gasteiger partial charge is 0.495 e. The van der Waals surface area contributed by atoms with Crippen molar-refractivity contribution < 1.29 is 50.2 Å². The Morgan fingerprint density at radius 2 is 0.860 bits per heavy atom. The number of nitrogens with one attached hydrogen (secondary N) is 5. The molecular weight excluding hydrogens is 1370 g/mol. The smallest absolute Gasteiger partial charge is 0.421 e. The van der Waals surface area contributed by atoms with Gasteiger partial charge in [-0.15, -0.1) is 0 Å². The average molecular weight is 1480 g/mol. The first-order valence-corrected chi connectivity index (χ1v) is 36.0. The molecule has 0 radical (unpaired) electrons. The fraction of sp³-hybridized carbons (Fsp3) is 0.427. The van der Waals surface area contributed by atoms with Crippen molar-refractivity contribution in [2.75, 3.05) is 82.0 Å². The number of nitrogens with zero attached hydrogens (tertiary/aromatic N) is 9. The number of carbonyl (C=O) groups excluding carboxylic acids is 3. The molecule has 0 bridgehead atoms. The van der Waals surface area contributed by atoms with Gasteiger partial charge in [0.2, 0.25) is 11.9 Å². The first kappa shape index (κ1) is 83.0. The average Bonchev–Trinajstić information content (AvgIpc) is 0.777. The monoisotopic (exact) mass is 1480 g/mol. The van der Waals surface area contributed by atoms with E-state index in [1.165, 1.54) is 14.2 Å². The summed E-state index contributed by atoms with van der Waals surface area (Å²) in [5, 5.41) is 16.1. The third kappa shape index (κ3) is 22.9. The van der Waals surface area contributed by atoms with Crippen LogP contribution in [0.4, 0.5) is 61.2 Å². The highest BCUT2D eigenvalue weighted by Gasteiger charge is 2.43. The number of likely N-dealkylation sites (N-methyl/N-ethyl adjacent to an activating group) is 1. The van der Waals surface area contributed by atoms with Crippen LogP contribution in [0.15, 0.2) is 170 Å². The quantitative estimate of drug-likeness (QED) is 0.0358. The Morgan fingerprint density at radius 3 is 1.26 bits per heavy atom. The molecule has 2 aromatic heterocycles. The van der Waals surface area contributed by atoms with Gasteiger partial charge >= 0.3 is 12.4 Å². The molecule has 4 fully saturated rings. The summed E-state index contributed by atoms with van der Waals surface area (Å²) in [6, 6.07) is 48.7. The summed E-state index contributed by atoms with van der Waals surface area (Å²) in [5.74, 6) is -0.102. The van der Waals surface area contributed by atoms with Crippen LogP contribution >= 0.6 is 0 Å². The van der Waals surface area contributed by atoms with Gasteiger partial charge in [0.1, 0.15) is 41.1 Å². The Hall–Kier alpha value is -9.69. The van der Waals surface area contributed by atoms with Crippen LogP contribution in [0.2, 0.25) is 0 Å². The molecule has 8 aromatic rings. The third-order valence-electron chi connectivity index (χ3n) is 20.1. The molecule has 12 rings (SSSR count). The van der Waals surface area contributed by atoms with Crippen LogP contribution in [0.25, 0.3) is 0 Å². The molecule has 4 aliphatic rings. The predicted molar refractivity (Wildman–Crippen MR) is 412 cm³/mol. The number of amides is 2. The Morgan fingerprint density at radius 1 is 0.495 bits per heavy atom. The van der Waals surface area contributed by atoms with Gasteiger partial charge in [0.05, 0.1) is 25.6 Å². The Balaban J connectivity index is 0.000000259. The van der Waals surface area contributed by atoms with Gasteiger partial charge in [-0.05, 0) is 157 Å². The minimum Gasteiger partial charge on any atom is -0.495 e. The molecule has 4 atom stereocenters. The summed E-state index contributed by atoms with van der Waals surface area (Å²) < 4.78 is 100. The van der Waals surface area contributed by atoms with Crippen LogP contribution in [0.5, 0.6) is 11.5 Å². The van der Waals surface area contributed by atoms with Crippen molar-refractivity contribution >= 4 is 53.5 Å². The number of halogens is 6. The van der Waals surface area contributed by atoms with E-state index >= 15 is 0 Å². The number of hydrogen-bond acceptors (Lipinski definition) is 17. The lowest BCUT2D eigenvalue weighted by Crippen LogP contribution is -2.52. The van der Waals surface area contributed by atoms with Crippen molar-refractivity contribution in [1.29, 1.82) is 0 Å². The highest BCUT2D eigenvalue weighted by atomic mass is 19.4. The number of ether oxygens (including phenoxy) is 2. The lowest BCUT2D eigenvalue weighted by Gasteiger charge is -2.45. The van der Waals surface area contributed by atoms with Crippen LogP contribution in [-0.4, -0.2) is 151 Å². The molecule has 25 heteroatoms. The Kier molecular flexibility index (Phi) is 30.8. The van der Waals surface area contributed by atoms with Crippen molar-refractivity contribution in [1.82, 2.24) is 50.6 Å². The van der Waals surface area contributed by atoms with E-state index in [-0.39, 0.29) is 99.5 Å². The number of methoxy groups -OCH3 is 2. The molecule has 0 spiro atoms. The SMILES string of the molecule is C.C.C=O.COc1cc(C(=O)NC2CCN(C)CC2)ccc1Nc1ncc(C(F)(F)F)c(N(Cc2ccccc2)[C@@H]2CCCC[C@H]2N(C)Cc2ccccc2)n1.COc1cc(C(=O)NC2CCN(C)CC2)ccc1Nc1ncc(C(F)(F)F)c(N(Cc2ccccc2)[C@@H]2CCCC[C@H]2NCc2ccccc2)n1. The summed E-state index contributed by atoms with van der Waals surface area (Å²) in [6.07, 6.45) is 2.71. The zero-order valence-corrected chi connectivity index (χ0v) is 60.3. The van der Waals surface area contributed by atoms with Crippen molar-refractivity contribution in [3.63, 3.8) is 0 Å². The fourth-order valence-corrected chi connectivity index (χ4v) is 14.4.